The molecular weight excluding hydrogens is 395 g/mol. The Morgan fingerprint density at radius 2 is 1.66 bits per heavy atom. The highest BCUT2D eigenvalue weighted by atomic mass is 19.1. The second-order valence-electron chi connectivity index (χ2n) is 9.75. The molecule has 1 N–H and O–H groups in total. The normalized spacial score (nSPS) is 17.7. The van der Waals surface area contributed by atoms with Crippen molar-refractivity contribution in [1.29, 1.82) is 0 Å². The maximum Gasteiger partial charge on any atom is 0.126 e. The molecule has 0 aliphatic heterocycles. The number of nitrogens with one attached hydrogen (secondary N) is 1. The molecule has 0 spiro atoms. The summed E-state index contributed by atoms with van der Waals surface area (Å²) in [6.07, 6.45) is 6.15. The summed E-state index contributed by atoms with van der Waals surface area (Å²) in [5.74, 6) is 1.39. The summed E-state index contributed by atoms with van der Waals surface area (Å²) in [6, 6.07) is 15.2. The molecule has 0 bridgehead atoms. The van der Waals surface area contributed by atoms with E-state index >= 15 is 0 Å². The van der Waals surface area contributed by atoms with E-state index in [0.717, 1.165) is 11.4 Å². The first-order valence-electron chi connectivity index (χ1n) is 11.5. The van der Waals surface area contributed by atoms with Gasteiger partial charge in [-0.2, -0.15) is 0 Å². The van der Waals surface area contributed by atoms with Crippen LogP contribution < -0.4 is 5.32 Å². The number of hydrogen-bond acceptors (Lipinski definition) is 2. The van der Waals surface area contributed by atoms with Gasteiger partial charge in [0.05, 0.1) is 0 Å². The van der Waals surface area contributed by atoms with Gasteiger partial charge in [0.1, 0.15) is 11.6 Å². The highest BCUT2D eigenvalue weighted by Crippen LogP contribution is 2.64. The lowest BCUT2D eigenvalue weighted by Gasteiger charge is -2.59. The summed E-state index contributed by atoms with van der Waals surface area (Å²) in [4.78, 5) is 4.37. The number of benzene rings is 2. The van der Waals surface area contributed by atoms with Crippen molar-refractivity contribution in [3.8, 4) is 0 Å². The fourth-order valence-corrected chi connectivity index (χ4v) is 4.02. The van der Waals surface area contributed by atoms with Crippen LogP contribution >= 0.6 is 0 Å². The molecule has 1 aliphatic carbocycles. The van der Waals surface area contributed by atoms with E-state index in [9.17, 15) is 4.39 Å². The van der Waals surface area contributed by atoms with E-state index in [-0.39, 0.29) is 5.82 Å². The Labute approximate surface area is 194 Å². The van der Waals surface area contributed by atoms with Gasteiger partial charge in [-0.3, -0.25) is 0 Å². The molecule has 1 fully saturated rings. The second kappa shape index (κ2) is 10.8. The minimum atomic E-state index is -0.208. The molecule has 1 aliphatic rings. The lowest BCUT2D eigenvalue weighted by Crippen LogP contribution is -2.49. The van der Waals surface area contributed by atoms with Crippen molar-refractivity contribution in [2.45, 2.75) is 60.3 Å². The zero-order chi connectivity index (χ0) is 23.9. The van der Waals surface area contributed by atoms with E-state index in [0.29, 0.717) is 16.7 Å². The summed E-state index contributed by atoms with van der Waals surface area (Å²) in [6.45, 7) is 17.4. The third-order valence-electron chi connectivity index (χ3n) is 6.84. The van der Waals surface area contributed by atoms with Gasteiger partial charge in [-0.05, 0) is 57.9 Å². The zero-order valence-corrected chi connectivity index (χ0v) is 20.8. The number of rotatable bonds is 3. The number of nitrogens with zero attached hydrogens (tertiary/aromatic N) is 1. The minimum absolute atomic E-state index is 0.208. The largest absolute Gasteiger partial charge is 0.373 e. The maximum absolute atomic E-state index is 12.2. The molecule has 2 aromatic carbocycles. The monoisotopic (exact) mass is 434 g/mol. The summed E-state index contributed by atoms with van der Waals surface area (Å²) < 4.78 is 12.2. The van der Waals surface area contributed by atoms with Gasteiger partial charge in [0.25, 0.3) is 0 Å². The van der Waals surface area contributed by atoms with Crippen LogP contribution in [0.5, 0.6) is 0 Å². The van der Waals surface area contributed by atoms with Crippen LogP contribution in [-0.2, 0) is 0 Å². The van der Waals surface area contributed by atoms with Crippen molar-refractivity contribution < 1.29 is 4.39 Å². The van der Waals surface area contributed by atoms with Crippen molar-refractivity contribution in [1.82, 2.24) is 4.98 Å². The fraction of sp³-hybridized carbons (Fsp3) is 0.414. The van der Waals surface area contributed by atoms with Crippen LogP contribution in [0.2, 0.25) is 0 Å². The molecule has 0 saturated heterocycles. The topological polar surface area (TPSA) is 24.9 Å². The van der Waals surface area contributed by atoms with Gasteiger partial charge in [0, 0.05) is 18.6 Å². The molecule has 0 amide bonds. The summed E-state index contributed by atoms with van der Waals surface area (Å²) in [7, 11) is 1.91. The second-order valence-corrected chi connectivity index (χ2v) is 9.75. The Morgan fingerprint density at radius 1 is 1.03 bits per heavy atom. The highest BCUT2D eigenvalue weighted by molar-refractivity contribution is 5.84. The van der Waals surface area contributed by atoms with Crippen LogP contribution in [0.15, 0.2) is 61.3 Å². The third kappa shape index (κ3) is 5.76. The number of pyridine rings is 1. The van der Waals surface area contributed by atoms with E-state index in [1.807, 2.05) is 13.2 Å². The number of halogens is 1. The SMILES string of the molecule is C=Cc1ccc(F)cc1.CCC.CNc1cc2cc(C3CC(C)(C)C3(C)C)ccc2cn1. The number of aromatic nitrogens is 1. The van der Waals surface area contributed by atoms with Crippen molar-refractivity contribution in [2.24, 2.45) is 10.8 Å². The molecule has 3 heteroatoms. The first-order chi connectivity index (χ1) is 15.1. The predicted molar refractivity (Wildman–Crippen MR) is 139 cm³/mol. The molecule has 3 aromatic rings. The zero-order valence-electron chi connectivity index (χ0n) is 20.8. The van der Waals surface area contributed by atoms with Crippen molar-refractivity contribution in [2.75, 3.05) is 12.4 Å². The van der Waals surface area contributed by atoms with Crippen LogP contribution in [-0.4, -0.2) is 12.0 Å². The Morgan fingerprint density at radius 3 is 2.16 bits per heavy atom. The quantitative estimate of drug-likeness (QED) is 0.446. The standard InChI is InChI=1S/C18H24N2.C8H7F.C3H8/c1-17(2)10-15(18(17,3)4)12-6-7-13-11-20-16(19-5)9-14(13)8-12;1-2-7-3-5-8(9)6-4-7;1-3-2/h6-9,11,15H,10H2,1-5H3,(H,19,20);2-6H,1H2;3H2,1-2H3. The van der Waals surface area contributed by atoms with E-state index in [1.54, 1.807) is 18.2 Å². The van der Waals surface area contributed by atoms with Crippen molar-refractivity contribution in [3.63, 3.8) is 0 Å². The van der Waals surface area contributed by atoms with Crippen molar-refractivity contribution in [3.05, 3.63) is 78.3 Å². The molecule has 0 radical (unpaired) electrons. The minimum Gasteiger partial charge on any atom is -0.373 e. The van der Waals surface area contributed by atoms with Crippen LogP contribution in [0.4, 0.5) is 10.2 Å². The van der Waals surface area contributed by atoms with Crippen LogP contribution in [0, 0.1) is 16.6 Å². The smallest absolute Gasteiger partial charge is 0.126 e. The first-order valence-corrected chi connectivity index (χ1v) is 11.5. The molecule has 1 atom stereocenters. The Bertz CT molecular complexity index is 1020. The maximum atomic E-state index is 12.2. The van der Waals surface area contributed by atoms with Crippen LogP contribution in [0.3, 0.4) is 0 Å². The fourth-order valence-electron chi connectivity index (χ4n) is 4.02. The average molecular weight is 435 g/mol. The lowest BCUT2D eigenvalue weighted by molar-refractivity contribution is -0.0486. The number of fused-ring (bicyclic) bond motifs is 1. The Hall–Kier alpha value is -2.68. The molecule has 1 aromatic heterocycles. The molecule has 4 rings (SSSR count). The van der Waals surface area contributed by atoms with Gasteiger partial charge in [0.15, 0.2) is 0 Å². The summed E-state index contributed by atoms with van der Waals surface area (Å²) in [5, 5.41) is 5.61. The van der Waals surface area contributed by atoms with Gasteiger partial charge in [-0.1, -0.05) is 91.0 Å². The summed E-state index contributed by atoms with van der Waals surface area (Å²) in [5.41, 5.74) is 3.20. The molecular formula is C29H39FN2. The molecule has 2 nitrogen and oxygen atoms in total. The van der Waals surface area contributed by atoms with Gasteiger partial charge in [0.2, 0.25) is 0 Å². The van der Waals surface area contributed by atoms with E-state index in [4.69, 9.17) is 0 Å². The van der Waals surface area contributed by atoms with E-state index in [1.165, 1.54) is 41.3 Å². The van der Waals surface area contributed by atoms with E-state index < -0.39 is 0 Å². The molecule has 1 unspecified atom stereocenters. The number of anilines is 1. The van der Waals surface area contributed by atoms with E-state index in [2.05, 4.69) is 82.7 Å². The van der Waals surface area contributed by atoms with Crippen LogP contribution in [0.1, 0.15) is 71.4 Å². The van der Waals surface area contributed by atoms with Gasteiger partial charge in [-0.25, -0.2) is 9.37 Å². The average Bonchev–Trinajstić information content (AvgIpc) is 2.78. The van der Waals surface area contributed by atoms with Crippen LogP contribution in [0.25, 0.3) is 16.8 Å². The van der Waals surface area contributed by atoms with Gasteiger partial charge in [-0.15, -0.1) is 0 Å². The molecule has 1 saturated carbocycles. The molecule has 32 heavy (non-hydrogen) atoms. The third-order valence-corrected chi connectivity index (χ3v) is 6.84. The first kappa shape index (κ1) is 25.6. The number of hydrogen-bond donors (Lipinski definition) is 1. The predicted octanol–water partition coefficient (Wildman–Crippen LogP) is 8.70. The Balaban J connectivity index is 0.000000252. The van der Waals surface area contributed by atoms with Gasteiger partial charge < -0.3 is 5.32 Å². The molecule has 1 heterocycles. The molecule has 172 valence electrons. The summed E-state index contributed by atoms with van der Waals surface area (Å²) >= 11 is 0. The lowest BCUT2D eigenvalue weighted by atomic mass is 9.45. The Kier molecular flexibility index (Phi) is 8.60. The van der Waals surface area contributed by atoms with Crippen molar-refractivity contribution >= 4 is 22.7 Å². The van der Waals surface area contributed by atoms with Gasteiger partial charge >= 0.3 is 0 Å². The highest BCUT2D eigenvalue weighted by Gasteiger charge is 2.54.